The number of aryl methyl sites for hydroxylation is 2. The Morgan fingerprint density at radius 2 is 1.88 bits per heavy atom. The maximum atomic E-state index is 10.2. The zero-order valence-electron chi connectivity index (χ0n) is 10.6. The molecule has 0 unspecified atom stereocenters. The number of aromatic nitrogens is 2. The Kier molecular flexibility index (Phi) is 3.18. The number of hydrogen-bond donors (Lipinski definition) is 1. The van der Waals surface area contributed by atoms with Gasteiger partial charge in [-0.15, -0.1) is 0 Å². The number of benzene rings is 1. The summed E-state index contributed by atoms with van der Waals surface area (Å²) in [6.07, 6.45) is 1.85. The van der Waals surface area contributed by atoms with Gasteiger partial charge in [0.15, 0.2) is 5.75 Å². The van der Waals surface area contributed by atoms with E-state index in [0.717, 1.165) is 24.1 Å². The van der Waals surface area contributed by atoms with Gasteiger partial charge in [-0.3, -0.25) is 4.68 Å². The molecular formula is C14H18N2O. The maximum absolute atomic E-state index is 10.2. The summed E-state index contributed by atoms with van der Waals surface area (Å²) in [6.45, 7) is 4.14. The molecule has 0 saturated heterocycles. The third-order valence-corrected chi connectivity index (χ3v) is 2.95. The van der Waals surface area contributed by atoms with Crippen LogP contribution < -0.4 is 0 Å². The highest BCUT2D eigenvalue weighted by molar-refractivity contribution is 5.67. The first-order chi connectivity index (χ1) is 8.13. The zero-order chi connectivity index (χ0) is 12.4. The van der Waals surface area contributed by atoms with E-state index < -0.39 is 0 Å². The molecule has 3 heteroatoms. The molecule has 2 aromatic rings. The molecule has 0 spiro atoms. The second-order valence-electron chi connectivity index (χ2n) is 4.38. The molecule has 0 amide bonds. The molecule has 1 heterocycles. The van der Waals surface area contributed by atoms with Crippen LogP contribution in [-0.2, 0) is 13.5 Å². The Morgan fingerprint density at radius 3 is 2.47 bits per heavy atom. The highest BCUT2D eigenvalue weighted by Gasteiger charge is 2.15. The van der Waals surface area contributed by atoms with Gasteiger partial charge in [0.25, 0.3) is 0 Å². The molecule has 3 nitrogen and oxygen atoms in total. The molecule has 0 bridgehead atoms. The molecule has 0 aliphatic heterocycles. The van der Waals surface area contributed by atoms with Crippen LogP contribution in [0.4, 0.5) is 0 Å². The van der Waals surface area contributed by atoms with E-state index in [-0.39, 0.29) is 0 Å². The van der Waals surface area contributed by atoms with E-state index in [4.69, 9.17) is 0 Å². The van der Waals surface area contributed by atoms with E-state index in [1.807, 2.05) is 38.2 Å². The van der Waals surface area contributed by atoms with Crippen molar-refractivity contribution in [2.75, 3.05) is 0 Å². The second kappa shape index (κ2) is 4.62. The third kappa shape index (κ3) is 2.18. The van der Waals surface area contributed by atoms with Crippen LogP contribution in [0.5, 0.6) is 5.75 Å². The van der Waals surface area contributed by atoms with Gasteiger partial charge in [0, 0.05) is 12.6 Å². The van der Waals surface area contributed by atoms with Crippen molar-refractivity contribution in [1.29, 1.82) is 0 Å². The maximum Gasteiger partial charge on any atom is 0.164 e. The molecule has 0 aliphatic carbocycles. The van der Waals surface area contributed by atoms with E-state index in [2.05, 4.69) is 12.0 Å². The first kappa shape index (κ1) is 11.7. The fourth-order valence-corrected chi connectivity index (χ4v) is 1.97. The molecule has 0 fully saturated rings. The molecule has 0 radical (unpaired) electrons. The lowest BCUT2D eigenvalue weighted by Gasteiger charge is -1.99. The van der Waals surface area contributed by atoms with Crippen molar-refractivity contribution < 1.29 is 5.11 Å². The Labute approximate surface area is 102 Å². The minimum atomic E-state index is 0.318. The Balaban J connectivity index is 2.46. The van der Waals surface area contributed by atoms with Gasteiger partial charge in [-0.2, -0.15) is 5.10 Å². The minimum absolute atomic E-state index is 0.318. The van der Waals surface area contributed by atoms with Gasteiger partial charge in [0.1, 0.15) is 5.69 Å². The molecule has 90 valence electrons. The number of rotatable bonds is 3. The van der Waals surface area contributed by atoms with Crippen LogP contribution >= 0.6 is 0 Å². The molecule has 1 aromatic carbocycles. The summed E-state index contributed by atoms with van der Waals surface area (Å²) in [7, 11) is 1.88. The monoisotopic (exact) mass is 230 g/mol. The Morgan fingerprint density at radius 1 is 1.24 bits per heavy atom. The summed E-state index contributed by atoms with van der Waals surface area (Å²) in [6, 6.07) is 8.05. The fraction of sp³-hybridized carbons (Fsp3) is 0.357. The predicted octanol–water partition coefficient (Wildman–Crippen LogP) is 3.05. The lowest BCUT2D eigenvalue weighted by Crippen LogP contribution is -1.97. The number of aromatic hydroxyl groups is 1. The van der Waals surface area contributed by atoms with Crippen LogP contribution in [0, 0.1) is 6.92 Å². The van der Waals surface area contributed by atoms with Gasteiger partial charge >= 0.3 is 0 Å². The lowest BCUT2D eigenvalue weighted by molar-refractivity contribution is 0.466. The van der Waals surface area contributed by atoms with Crippen molar-refractivity contribution in [2.24, 2.45) is 7.05 Å². The first-order valence-electron chi connectivity index (χ1n) is 5.95. The summed E-state index contributed by atoms with van der Waals surface area (Å²) < 4.78 is 1.77. The van der Waals surface area contributed by atoms with Crippen molar-refractivity contribution in [1.82, 2.24) is 9.78 Å². The molecule has 17 heavy (non-hydrogen) atoms. The van der Waals surface area contributed by atoms with Gasteiger partial charge in [0.05, 0.1) is 5.69 Å². The fourth-order valence-electron chi connectivity index (χ4n) is 1.97. The van der Waals surface area contributed by atoms with E-state index >= 15 is 0 Å². The van der Waals surface area contributed by atoms with Crippen LogP contribution in [0.2, 0.25) is 0 Å². The highest BCUT2D eigenvalue weighted by Crippen LogP contribution is 2.31. The molecule has 0 saturated carbocycles. The van der Waals surface area contributed by atoms with Gasteiger partial charge in [-0.25, -0.2) is 0 Å². The van der Waals surface area contributed by atoms with Crippen LogP contribution in [-0.4, -0.2) is 14.9 Å². The molecule has 0 aliphatic rings. The van der Waals surface area contributed by atoms with Crippen molar-refractivity contribution >= 4 is 0 Å². The Bertz CT molecular complexity index is 512. The molecule has 0 atom stereocenters. The second-order valence-corrected chi connectivity index (χ2v) is 4.38. The average molecular weight is 230 g/mol. The van der Waals surface area contributed by atoms with Crippen molar-refractivity contribution in [3.8, 4) is 17.0 Å². The van der Waals surface area contributed by atoms with E-state index in [1.54, 1.807) is 4.68 Å². The molecule has 2 rings (SSSR count). The van der Waals surface area contributed by atoms with Crippen molar-refractivity contribution in [3.05, 3.63) is 35.5 Å². The molecule has 1 aromatic heterocycles. The SMILES string of the molecule is CCCc1c(O)c(-c2ccc(C)cc2)nn1C. The normalized spacial score (nSPS) is 10.8. The predicted molar refractivity (Wildman–Crippen MR) is 69.0 cm³/mol. The standard InChI is InChI=1S/C14H18N2O/c1-4-5-12-14(17)13(15-16(12)3)11-8-6-10(2)7-9-11/h6-9,17H,4-5H2,1-3H3. The van der Waals surface area contributed by atoms with Crippen molar-refractivity contribution in [3.63, 3.8) is 0 Å². The lowest BCUT2D eigenvalue weighted by atomic mass is 10.1. The first-order valence-corrected chi connectivity index (χ1v) is 5.95. The van der Waals surface area contributed by atoms with Crippen LogP contribution in [0.3, 0.4) is 0 Å². The highest BCUT2D eigenvalue weighted by atomic mass is 16.3. The zero-order valence-corrected chi connectivity index (χ0v) is 10.6. The average Bonchev–Trinajstić information content (AvgIpc) is 2.59. The van der Waals surface area contributed by atoms with E-state index in [1.165, 1.54) is 5.56 Å². The summed E-state index contributed by atoms with van der Waals surface area (Å²) in [5, 5.41) is 14.6. The van der Waals surface area contributed by atoms with Crippen LogP contribution in [0.15, 0.2) is 24.3 Å². The summed E-state index contributed by atoms with van der Waals surface area (Å²) >= 11 is 0. The van der Waals surface area contributed by atoms with E-state index in [0.29, 0.717) is 11.4 Å². The van der Waals surface area contributed by atoms with Gasteiger partial charge < -0.3 is 5.11 Å². The number of hydrogen-bond acceptors (Lipinski definition) is 2. The van der Waals surface area contributed by atoms with Gasteiger partial charge in [0.2, 0.25) is 0 Å². The minimum Gasteiger partial charge on any atom is -0.504 e. The van der Waals surface area contributed by atoms with Crippen molar-refractivity contribution in [2.45, 2.75) is 26.7 Å². The topological polar surface area (TPSA) is 38.1 Å². The van der Waals surface area contributed by atoms with Gasteiger partial charge in [-0.1, -0.05) is 43.2 Å². The quantitative estimate of drug-likeness (QED) is 0.880. The largest absolute Gasteiger partial charge is 0.504 e. The smallest absolute Gasteiger partial charge is 0.164 e. The summed E-state index contributed by atoms with van der Waals surface area (Å²) in [5.41, 5.74) is 3.75. The van der Waals surface area contributed by atoms with Gasteiger partial charge in [-0.05, 0) is 13.3 Å². The Hall–Kier alpha value is -1.77. The molecular weight excluding hydrogens is 212 g/mol. The molecule has 1 N–H and O–H groups in total. The third-order valence-electron chi connectivity index (χ3n) is 2.95. The van der Waals surface area contributed by atoms with Crippen LogP contribution in [0.25, 0.3) is 11.3 Å². The number of nitrogens with zero attached hydrogens (tertiary/aromatic N) is 2. The van der Waals surface area contributed by atoms with E-state index in [9.17, 15) is 5.11 Å². The summed E-state index contributed by atoms with van der Waals surface area (Å²) in [5.74, 6) is 0.318. The van der Waals surface area contributed by atoms with Crippen LogP contribution in [0.1, 0.15) is 24.6 Å². The summed E-state index contributed by atoms with van der Waals surface area (Å²) in [4.78, 5) is 0.